The number of carboxylic acids is 1. The van der Waals surface area contributed by atoms with Crippen LogP contribution < -0.4 is 0 Å². The largest absolute Gasteiger partial charge is 0.480 e. The van der Waals surface area contributed by atoms with Crippen LogP contribution in [0, 0.1) is 11.3 Å². The van der Waals surface area contributed by atoms with Crippen molar-refractivity contribution in [1.29, 1.82) is 5.26 Å². The third-order valence-electron chi connectivity index (χ3n) is 2.34. The van der Waals surface area contributed by atoms with Gasteiger partial charge in [-0.15, -0.1) is 11.8 Å². The first-order valence-electron chi connectivity index (χ1n) is 5.05. The highest BCUT2D eigenvalue weighted by Gasteiger charge is 2.42. The highest BCUT2D eigenvalue weighted by Crippen LogP contribution is 2.25. The summed E-state index contributed by atoms with van der Waals surface area (Å²) in [6.07, 6.45) is 0. The van der Waals surface area contributed by atoms with E-state index >= 15 is 0 Å². The van der Waals surface area contributed by atoms with Crippen LogP contribution in [0.4, 0.5) is 0 Å². The Labute approximate surface area is 104 Å². The molecule has 17 heavy (non-hydrogen) atoms. The fourth-order valence-corrected chi connectivity index (χ4v) is 2.09. The number of likely N-dealkylation sites (tertiary alicyclic amines) is 1. The monoisotopic (exact) mass is 258 g/mol. The summed E-state index contributed by atoms with van der Waals surface area (Å²) in [6, 6.07) is 1.95. The van der Waals surface area contributed by atoms with Crippen molar-refractivity contribution in [1.82, 2.24) is 4.90 Å². The number of aliphatic carboxylic acids is 1. The first-order chi connectivity index (χ1) is 7.97. The number of rotatable bonds is 6. The predicted octanol–water partition coefficient (Wildman–Crippen LogP) is -0.0547. The summed E-state index contributed by atoms with van der Waals surface area (Å²) in [5.41, 5.74) is -0.548. The number of nitriles is 1. The van der Waals surface area contributed by atoms with Crippen LogP contribution in [-0.2, 0) is 14.3 Å². The molecule has 1 rings (SSSR count). The maximum absolute atomic E-state index is 11.5. The molecular formula is C10H14N2O4S. The number of ether oxygens (including phenoxy) is 1. The molecule has 1 heterocycles. The quantitative estimate of drug-likeness (QED) is 0.671. The second-order valence-corrected chi connectivity index (χ2v) is 5.02. The fraction of sp³-hybridized carbons (Fsp3) is 0.700. The number of hydrogen-bond donors (Lipinski definition) is 1. The highest BCUT2D eigenvalue weighted by molar-refractivity contribution is 8.00. The topological polar surface area (TPSA) is 90.6 Å². The van der Waals surface area contributed by atoms with E-state index in [1.807, 2.05) is 6.07 Å². The Morgan fingerprint density at radius 2 is 2.24 bits per heavy atom. The van der Waals surface area contributed by atoms with Crippen molar-refractivity contribution in [3.05, 3.63) is 0 Å². The molecule has 0 aliphatic carbocycles. The van der Waals surface area contributed by atoms with Gasteiger partial charge in [0.1, 0.15) is 12.2 Å². The second-order valence-electron chi connectivity index (χ2n) is 4.03. The number of hydrogen-bond acceptors (Lipinski definition) is 5. The van der Waals surface area contributed by atoms with Crippen LogP contribution in [0.5, 0.6) is 0 Å². The van der Waals surface area contributed by atoms with Crippen molar-refractivity contribution in [2.75, 3.05) is 31.2 Å². The molecule has 0 aromatic heterocycles. The van der Waals surface area contributed by atoms with Crippen LogP contribution in [0.15, 0.2) is 0 Å². The van der Waals surface area contributed by atoms with Crippen molar-refractivity contribution in [3.8, 4) is 6.07 Å². The van der Waals surface area contributed by atoms with Crippen LogP contribution in [-0.4, -0.2) is 58.7 Å². The van der Waals surface area contributed by atoms with Gasteiger partial charge in [-0.1, -0.05) is 0 Å². The molecule has 6 nitrogen and oxygen atoms in total. The molecule has 7 heteroatoms. The molecule has 0 spiro atoms. The maximum Gasteiger partial charge on any atom is 0.329 e. The first-order valence-corrected chi connectivity index (χ1v) is 6.20. The lowest BCUT2D eigenvalue weighted by molar-refractivity contribution is -0.171. The normalized spacial score (nSPS) is 17.1. The number of amides is 1. The summed E-state index contributed by atoms with van der Waals surface area (Å²) in [6.45, 7) is 2.25. The van der Waals surface area contributed by atoms with Crippen LogP contribution in [0.3, 0.4) is 0 Å². The van der Waals surface area contributed by atoms with Gasteiger partial charge in [0.05, 0.1) is 30.7 Å². The predicted molar refractivity (Wildman–Crippen MR) is 61.5 cm³/mol. The Kier molecular flexibility index (Phi) is 4.78. The zero-order valence-electron chi connectivity index (χ0n) is 9.51. The van der Waals surface area contributed by atoms with E-state index in [-0.39, 0.29) is 18.3 Å². The Morgan fingerprint density at radius 1 is 1.59 bits per heavy atom. The average molecular weight is 258 g/mol. The van der Waals surface area contributed by atoms with Gasteiger partial charge in [-0.3, -0.25) is 4.79 Å². The molecule has 0 atom stereocenters. The minimum atomic E-state index is -1.01. The number of thioether (sulfide) groups is 1. The summed E-state index contributed by atoms with van der Waals surface area (Å²) < 4.78 is 5.18. The third kappa shape index (κ3) is 4.24. The van der Waals surface area contributed by atoms with Gasteiger partial charge < -0.3 is 14.7 Å². The van der Waals surface area contributed by atoms with Gasteiger partial charge >= 0.3 is 5.97 Å². The lowest BCUT2D eigenvalue weighted by atomic mass is 9.96. The molecule has 1 amide bonds. The van der Waals surface area contributed by atoms with E-state index in [1.54, 1.807) is 11.8 Å². The van der Waals surface area contributed by atoms with Gasteiger partial charge in [0.15, 0.2) is 0 Å². The van der Waals surface area contributed by atoms with E-state index in [4.69, 9.17) is 15.1 Å². The minimum Gasteiger partial charge on any atom is -0.480 e. The van der Waals surface area contributed by atoms with E-state index in [1.165, 1.54) is 11.8 Å². The number of carbonyl (C=O) groups is 2. The van der Waals surface area contributed by atoms with Crippen molar-refractivity contribution >= 4 is 23.6 Å². The molecule has 1 fully saturated rings. The molecule has 1 aliphatic rings. The molecule has 0 unspecified atom stereocenters. The standard InChI is InChI=1S/C10H14N2O4S/c1-10(16-4-9(14)15)6-12(7-10)8(13)5-17-3-2-11/h3-7H2,1H3,(H,14,15). The summed E-state index contributed by atoms with van der Waals surface area (Å²) in [5.74, 6) is -0.475. The summed E-state index contributed by atoms with van der Waals surface area (Å²) in [7, 11) is 0. The summed E-state index contributed by atoms with van der Waals surface area (Å²) in [5, 5.41) is 16.8. The smallest absolute Gasteiger partial charge is 0.329 e. The lowest BCUT2D eigenvalue weighted by Crippen LogP contribution is -2.63. The van der Waals surface area contributed by atoms with Gasteiger partial charge in [-0.2, -0.15) is 5.26 Å². The van der Waals surface area contributed by atoms with Crippen molar-refractivity contribution in [3.63, 3.8) is 0 Å². The molecule has 0 saturated carbocycles. The van der Waals surface area contributed by atoms with E-state index in [0.717, 1.165) is 0 Å². The minimum absolute atomic E-state index is 0.0401. The maximum atomic E-state index is 11.5. The Balaban J connectivity index is 2.23. The number of nitrogens with zero attached hydrogens (tertiary/aromatic N) is 2. The number of carbonyl (C=O) groups excluding carboxylic acids is 1. The van der Waals surface area contributed by atoms with Gasteiger partial charge in [0.25, 0.3) is 0 Å². The fourth-order valence-electron chi connectivity index (χ4n) is 1.54. The van der Waals surface area contributed by atoms with E-state index < -0.39 is 11.6 Å². The second kappa shape index (κ2) is 5.89. The van der Waals surface area contributed by atoms with Gasteiger partial charge in [0.2, 0.25) is 5.91 Å². The van der Waals surface area contributed by atoms with Crippen LogP contribution in [0.1, 0.15) is 6.92 Å². The molecule has 0 aromatic rings. The van der Waals surface area contributed by atoms with Crippen LogP contribution in [0.2, 0.25) is 0 Å². The molecule has 1 aliphatic heterocycles. The average Bonchev–Trinajstić information content (AvgIpc) is 2.22. The van der Waals surface area contributed by atoms with Gasteiger partial charge in [-0.05, 0) is 6.92 Å². The van der Waals surface area contributed by atoms with E-state index in [0.29, 0.717) is 18.8 Å². The molecule has 0 bridgehead atoms. The van der Waals surface area contributed by atoms with Crippen molar-refractivity contribution in [2.45, 2.75) is 12.5 Å². The van der Waals surface area contributed by atoms with Crippen LogP contribution >= 0.6 is 11.8 Å². The zero-order valence-corrected chi connectivity index (χ0v) is 10.3. The van der Waals surface area contributed by atoms with E-state index in [9.17, 15) is 9.59 Å². The third-order valence-corrected chi connectivity index (χ3v) is 3.12. The first kappa shape index (κ1) is 13.8. The van der Waals surface area contributed by atoms with Gasteiger partial charge in [0, 0.05) is 0 Å². The molecule has 0 aromatic carbocycles. The summed E-state index contributed by atoms with van der Waals surface area (Å²) in [4.78, 5) is 23.5. The van der Waals surface area contributed by atoms with Gasteiger partial charge in [-0.25, -0.2) is 4.79 Å². The Bertz CT molecular complexity index is 347. The summed E-state index contributed by atoms with van der Waals surface area (Å²) >= 11 is 1.27. The highest BCUT2D eigenvalue weighted by atomic mass is 32.2. The van der Waals surface area contributed by atoms with E-state index in [2.05, 4.69) is 0 Å². The molecule has 1 N–H and O–H groups in total. The number of carboxylic acid groups (broad SMARTS) is 1. The molecule has 1 saturated heterocycles. The van der Waals surface area contributed by atoms with Crippen molar-refractivity contribution in [2.24, 2.45) is 0 Å². The Hall–Kier alpha value is -1.26. The molecule has 94 valence electrons. The van der Waals surface area contributed by atoms with Crippen LogP contribution in [0.25, 0.3) is 0 Å². The molecule has 0 radical (unpaired) electrons. The Morgan fingerprint density at radius 3 is 2.76 bits per heavy atom. The zero-order chi connectivity index (χ0) is 12.9. The SMILES string of the molecule is CC1(OCC(=O)O)CN(C(=O)CSCC#N)C1. The van der Waals surface area contributed by atoms with Crippen molar-refractivity contribution < 1.29 is 19.4 Å². The molecular weight excluding hydrogens is 244 g/mol. The lowest BCUT2D eigenvalue weighted by Gasteiger charge is -2.47.